The summed E-state index contributed by atoms with van der Waals surface area (Å²) >= 11 is 0. The van der Waals surface area contributed by atoms with Gasteiger partial charge in [0.1, 0.15) is 5.41 Å². The highest BCUT2D eigenvalue weighted by molar-refractivity contribution is 6.01. The molecule has 3 aromatic heterocycles. The Morgan fingerprint density at radius 2 is 2.03 bits per heavy atom. The van der Waals surface area contributed by atoms with E-state index in [9.17, 15) is 14.9 Å². The number of nitriles is 1. The largest absolute Gasteiger partial charge is 0.376 e. The molecule has 0 aromatic carbocycles. The summed E-state index contributed by atoms with van der Waals surface area (Å²) in [5.74, 6) is -0.618. The lowest BCUT2D eigenvalue weighted by Gasteiger charge is -2.21. The number of primary amides is 1. The second kappa shape index (κ2) is 7.55. The first kappa shape index (κ1) is 21.9. The molecule has 11 nitrogen and oxygen atoms in total. The van der Waals surface area contributed by atoms with Crippen LogP contribution in [0.25, 0.3) is 16.9 Å². The first-order valence-electron chi connectivity index (χ1n) is 11.3. The van der Waals surface area contributed by atoms with Crippen molar-refractivity contribution in [2.75, 3.05) is 18.4 Å². The molecule has 0 unspecified atom stereocenters. The van der Waals surface area contributed by atoms with Crippen LogP contribution in [-0.4, -0.2) is 60.2 Å². The van der Waals surface area contributed by atoms with Crippen LogP contribution in [-0.2, 0) is 11.8 Å². The molecule has 0 bridgehead atoms. The Hall–Kier alpha value is -3.94. The molecule has 1 saturated carbocycles. The van der Waals surface area contributed by atoms with Gasteiger partial charge in [0.15, 0.2) is 5.65 Å². The summed E-state index contributed by atoms with van der Waals surface area (Å²) in [6.07, 6.45) is 4.47. The molecule has 2 aliphatic rings. The fourth-order valence-electron chi connectivity index (χ4n) is 4.84. The average Bonchev–Trinajstić information content (AvgIpc) is 3.24. The van der Waals surface area contributed by atoms with Crippen molar-refractivity contribution in [1.82, 2.24) is 29.3 Å². The molecule has 2 atom stereocenters. The second-order valence-corrected chi connectivity index (χ2v) is 9.49. The third kappa shape index (κ3) is 3.29. The van der Waals surface area contributed by atoms with E-state index in [0.717, 1.165) is 17.0 Å². The van der Waals surface area contributed by atoms with E-state index in [2.05, 4.69) is 21.6 Å². The van der Waals surface area contributed by atoms with E-state index in [-0.39, 0.29) is 23.4 Å². The maximum Gasteiger partial charge on any atom is 0.252 e. The molecule has 1 aliphatic heterocycles. The second-order valence-electron chi connectivity index (χ2n) is 9.49. The molecule has 5 rings (SSSR count). The molecular formula is C23H27N9O2. The lowest BCUT2D eigenvalue weighted by atomic mass is 10.1. The Morgan fingerprint density at radius 3 is 2.62 bits per heavy atom. The number of carbonyl (C=O) groups excluding carboxylic acids is 2. The number of carbonyl (C=O) groups is 2. The number of rotatable bonds is 5. The standard InChI is InChI=1S/C23H27N9O2/c1-12-8-31(22(34)23(11-24)5-6-23)9-16(12)27-19-15(20(25)33)7-26-32-10-17(28-21(19)32)18-13(2)29-30(4)14(18)3/h7,10,12,16,27H,5-6,8-9H2,1-4H3,(H2,25,33)/t12-,16+/m0/s1. The van der Waals surface area contributed by atoms with Crippen LogP contribution >= 0.6 is 0 Å². The number of nitrogens with one attached hydrogen (secondary N) is 1. The Morgan fingerprint density at radius 1 is 1.29 bits per heavy atom. The Bertz CT molecular complexity index is 1380. The average molecular weight is 462 g/mol. The molecule has 0 spiro atoms. The topological polar surface area (TPSA) is 147 Å². The van der Waals surface area contributed by atoms with E-state index in [1.165, 1.54) is 6.20 Å². The van der Waals surface area contributed by atoms with Gasteiger partial charge in [-0.3, -0.25) is 14.3 Å². The fraction of sp³-hybridized carbons (Fsp3) is 0.478. The van der Waals surface area contributed by atoms with Gasteiger partial charge in [-0.2, -0.15) is 15.5 Å². The van der Waals surface area contributed by atoms with Crippen LogP contribution in [0.2, 0.25) is 0 Å². The van der Waals surface area contributed by atoms with Crippen molar-refractivity contribution in [2.45, 2.75) is 39.7 Å². The van der Waals surface area contributed by atoms with Gasteiger partial charge in [0.05, 0.1) is 41.1 Å². The first-order chi connectivity index (χ1) is 16.1. The zero-order valence-corrected chi connectivity index (χ0v) is 19.7. The molecule has 0 radical (unpaired) electrons. The molecule has 2 amide bonds. The van der Waals surface area contributed by atoms with Crippen LogP contribution in [0.5, 0.6) is 0 Å². The van der Waals surface area contributed by atoms with E-state index in [1.807, 2.05) is 27.8 Å². The first-order valence-corrected chi connectivity index (χ1v) is 11.3. The third-order valence-corrected chi connectivity index (χ3v) is 7.13. The lowest BCUT2D eigenvalue weighted by molar-refractivity contribution is -0.134. The van der Waals surface area contributed by atoms with Crippen LogP contribution in [0.3, 0.4) is 0 Å². The minimum absolute atomic E-state index is 0.102. The van der Waals surface area contributed by atoms with Crippen LogP contribution in [0.15, 0.2) is 12.4 Å². The van der Waals surface area contributed by atoms with Crippen LogP contribution in [0.1, 0.15) is 41.5 Å². The molecule has 34 heavy (non-hydrogen) atoms. The van der Waals surface area contributed by atoms with E-state index < -0.39 is 11.3 Å². The minimum atomic E-state index is -0.853. The molecule has 1 aliphatic carbocycles. The molecule has 2 fully saturated rings. The zero-order valence-electron chi connectivity index (χ0n) is 19.7. The maximum absolute atomic E-state index is 12.9. The number of fused-ring (bicyclic) bond motifs is 1. The number of likely N-dealkylation sites (tertiary alicyclic amines) is 1. The van der Waals surface area contributed by atoms with Crippen molar-refractivity contribution in [3.63, 3.8) is 0 Å². The zero-order chi connectivity index (χ0) is 24.4. The Kier molecular flexibility index (Phi) is 4.86. The van der Waals surface area contributed by atoms with Crippen molar-refractivity contribution in [2.24, 2.45) is 24.1 Å². The van der Waals surface area contributed by atoms with E-state index in [0.29, 0.717) is 43.0 Å². The van der Waals surface area contributed by atoms with Gasteiger partial charge < -0.3 is 16.0 Å². The van der Waals surface area contributed by atoms with Crippen LogP contribution in [0, 0.1) is 36.5 Å². The van der Waals surface area contributed by atoms with Gasteiger partial charge in [-0.1, -0.05) is 6.92 Å². The van der Waals surface area contributed by atoms with Gasteiger partial charge >= 0.3 is 0 Å². The number of amides is 2. The Labute approximate surface area is 196 Å². The molecule has 3 aromatic rings. The van der Waals surface area contributed by atoms with Crippen molar-refractivity contribution >= 4 is 23.1 Å². The maximum atomic E-state index is 12.9. The monoisotopic (exact) mass is 461 g/mol. The van der Waals surface area contributed by atoms with Crippen molar-refractivity contribution in [3.8, 4) is 17.3 Å². The van der Waals surface area contributed by atoms with Gasteiger partial charge in [-0.25, -0.2) is 9.50 Å². The van der Waals surface area contributed by atoms with Gasteiger partial charge in [-0.05, 0) is 32.6 Å². The fourth-order valence-corrected chi connectivity index (χ4v) is 4.84. The van der Waals surface area contributed by atoms with Crippen LogP contribution in [0.4, 0.5) is 5.69 Å². The summed E-state index contributed by atoms with van der Waals surface area (Å²) in [5.41, 5.74) is 9.44. The highest BCUT2D eigenvalue weighted by Gasteiger charge is 2.54. The number of anilines is 1. The van der Waals surface area contributed by atoms with Crippen molar-refractivity contribution in [1.29, 1.82) is 5.26 Å². The Balaban J connectivity index is 1.51. The summed E-state index contributed by atoms with van der Waals surface area (Å²) in [4.78, 5) is 31.7. The molecule has 1 saturated heterocycles. The number of hydrogen-bond acceptors (Lipinski definition) is 7. The smallest absolute Gasteiger partial charge is 0.252 e. The number of hydrogen-bond donors (Lipinski definition) is 2. The number of aryl methyl sites for hydroxylation is 2. The summed E-state index contributed by atoms with van der Waals surface area (Å²) in [5, 5.41) is 21.7. The molecule has 4 heterocycles. The number of aromatic nitrogens is 5. The number of nitrogens with zero attached hydrogens (tertiary/aromatic N) is 7. The summed E-state index contributed by atoms with van der Waals surface area (Å²) in [7, 11) is 1.88. The number of imidazole rings is 1. The normalized spacial score (nSPS) is 21.0. The van der Waals surface area contributed by atoms with Gasteiger partial charge in [0.25, 0.3) is 5.91 Å². The molecular weight excluding hydrogens is 434 g/mol. The minimum Gasteiger partial charge on any atom is -0.376 e. The van der Waals surface area contributed by atoms with E-state index in [1.54, 1.807) is 20.3 Å². The predicted octanol–water partition coefficient (Wildman–Crippen LogP) is 1.41. The quantitative estimate of drug-likeness (QED) is 0.584. The highest BCUT2D eigenvalue weighted by atomic mass is 16.2. The SMILES string of the molecule is Cc1nn(C)c(C)c1-c1cn2ncc(C(N)=O)c(N[C@@H]3CN(C(=O)C4(C#N)CC4)C[C@@H]3C)c2n1. The third-order valence-electron chi connectivity index (χ3n) is 7.13. The summed E-state index contributed by atoms with van der Waals surface area (Å²) in [6, 6.07) is 2.05. The van der Waals surface area contributed by atoms with Crippen molar-refractivity contribution < 1.29 is 9.59 Å². The van der Waals surface area contributed by atoms with E-state index >= 15 is 0 Å². The lowest BCUT2D eigenvalue weighted by Crippen LogP contribution is -2.36. The molecule has 3 N–H and O–H groups in total. The van der Waals surface area contributed by atoms with E-state index in [4.69, 9.17) is 10.7 Å². The van der Waals surface area contributed by atoms with Crippen molar-refractivity contribution in [3.05, 3.63) is 29.3 Å². The van der Waals surface area contributed by atoms with Gasteiger partial charge in [0.2, 0.25) is 5.91 Å². The number of nitrogens with two attached hydrogens (primary N) is 1. The molecule has 11 heteroatoms. The van der Waals surface area contributed by atoms with Gasteiger partial charge in [0, 0.05) is 37.4 Å². The van der Waals surface area contributed by atoms with Crippen LogP contribution < -0.4 is 11.1 Å². The predicted molar refractivity (Wildman–Crippen MR) is 124 cm³/mol. The highest BCUT2D eigenvalue weighted by Crippen LogP contribution is 2.47. The molecule has 176 valence electrons. The summed E-state index contributed by atoms with van der Waals surface area (Å²) in [6.45, 7) is 6.91. The van der Waals surface area contributed by atoms with Gasteiger partial charge in [-0.15, -0.1) is 0 Å². The summed E-state index contributed by atoms with van der Waals surface area (Å²) < 4.78 is 3.42.